The van der Waals surface area contributed by atoms with Gasteiger partial charge in [-0.15, -0.1) is 0 Å². The molecule has 7 heteroatoms. The summed E-state index contributed by atoms with van der Waals surface area (Å²) in [6.07, 6.45) is 1.72. The first-order chi connectivity index (χ1) is 17.3. The molecule has 0 saturated heterocycles. The van der Waals surface area contributed by atoms with Crippen molar-refractivity contribution >= 4 is 28.6 Å². The van der Waals surface area contributed by atoms with Crippen molar-refractivity contribution < 1.29 is 14.4 Å². The van der Waals surface area contributed by atoms with Crippen LogP contribution in [0.2, 0.25) is 0 Å². The van der Waals surface area contributed by atoms with E-state index in [0.29, 0.717) is 18.4 Å². The standard InChI is InChI=1S/C29H34N4O3/c1-5-17(4)30-27(34)23(14-16(2)3)32-28(35)24-15-21-18-10-8-9-13-22(18)31-25(21)26-19-11-6-7-12-20(19)29(36)33(24)26/h6-13,16-17,23-24,26,31H,5,14-15H2,1-4H3,(H,30,34)(H,32,35). The highest BCUT2D eigenvalue weighted by atomic mass is 16.2. The Morgan fingerprint density at radius 2 is 1.78 bits per heavy atom. The van der Waals surface area contributed by atoms with E-state index in [1.165, 1.54) is 0 Å². The molecule has 36 heavy (non-hydrogen) atoms. The molecule has 0 saturated carbocycles. The van der Waals surface area contributed by atoms with Gasteiger partial charge in [0.25, 0.3) is 5.91 Å². The van der Waals surface area contributed by atoms with Crippen LogP contribution >= 0.6 is 0 Å². The molecule has 3 amide bonds. The first-order valence-electron chi connectivity index (χ1n) is 12.9. The quantitative estimate of drug-likeness (QED) is 0.470. The van der Waals surface area contributed by atoms with Crippen molar-refractivity contribution in [2.75, 3.05) is 0 Å². The maximum atomic E-state index is 13.9. The van der Waals surface area contributed by atoms with Crippen LogP contribution in [-0.2, 0) is 16.0 Å². The number of nitrogens with one attached hydrogen (secondary N) is 3. The van der Waals surface area contributed by atoms with Crippen LogP contribution in [0.25, 0.3) is 10.9 Å². The van der Waals surface area contributed by atoms with E-state index >= 15 is 0 Å². The lowest BCUT2D eigenvalue weighted by Gasteiger charge is -2.38. The number of rotatable bonds is 7. The molecule has 5 rings (SSSR count). The van der Waals surface area contributed by atoms with E-state index in [1.807, 2.05) is 70.2 Å². The molecule has 2 aromatic carbocycles. The largest absolute Gasteiger partial charge is 0.356 e. The summed E-state index contributed by atoms with van der Waals surface area (Å²) < 4.78 is 0. The van der Waals surface area contributed by atoms with Crippen LogP contribution in [0, 0.1) is 5.92 Å². The minimum atomic E-state index is -0.715. The van der Waals surface area contributed by atoms with Crippen molar-refractivity contribution in [3.8, 4) is 0 Å². The molecule has 7 nitrogen and oxygen atoms in total. The zero-order chi connectivity index (χ0) is 25.6. The van der Waals surface area contributed by atoms with E-state index in [-0.39, 0.29) is 35.7 Å². The normalized spacial score (nSPS) is 20.0. The van der Waals surface area contributed by atoms with Gasteiger partial charge in [-0.3, -0.25) is 14.4 Å². The summed E-state index contributed by atoms with van der Waals surface area (Å²) in [5, 5.41) is 7.10. The predicted octanol–water partition coefficient (Wildman–Crippen LogP) is 4.08. The van der Waals surface area contributed by atoms with Crippen LogP contribution in [0.15, 0.2) is 48.5 Å². The number of hydrogen-bond acceptors (Lipinski definition) is 3. The zero-order valence-electron chi connectivity index (χ0n) is 21.3. The average Bonchev–Trinajstić information content (AvgIpc) is 3.38. The van der Waals surface area contributed by atoms with E-state index in [9.17, 15) is 14.4 Å². The van der Waals surface area contributed by atoms with Gasteiger partial charge in [-0.2, -0.15) is 0 Å². The molecular weight excluding hydrogens is 452 g/mol. The summed E-state index contributed by atoms with van der Waals surface area (Å²) in [4.78, 5) is 45.8. The van der Waals surface area contributed by atoms with Crippen molar-refractivity contribution in [3.63, 3.8) is 0 Å². The SMILES string of the molecule is CCC(C)NC(=O)C(CC(C)C)NC(=O)C1Cc2c([nH]c3ccccc23)C2c3ccccc3C(=O)N12. The van der Waals surface area contributed by atoms with Crippen molar-refractivity contribution in [1.82, 2.24) is 20.5 Å². The fraction of sp³-hybridized carbons (Fsp3) is 0.414. The molecule has 3 aromatic rings. The number of carbonyl (C=O) groups excluding carboxylic acids is 3. The van der Waals surface area contributed by atoms with Crippen LogP contribution in [0.5, 0.6) is 0 Å². The maximum absolute atomic E-state index is 13.9. The highest BCUT2D eigenvalue weighted by Crippen LogP contribution is 2.46. The minimum Gasteiger partial charge on any atom is -0.356 e. The zero-order valence-corrected chi connectivity index (χ0v) is 21.3. The Bertz CT molecular complexity index is 1330. The number of benzene rings is 2. The molecule has 3 heterocycles. The Hall–Kier alpha value is -3.61. The molecule has 3 N–H and O–H groups in total. The molecule has 4 unspecified atom stereocenters. The number of amides is 3. The highest BCUT2D eigenvalue weighted by molar-refractivity contribution is 6.04. The predicted molar refractivity (Wildman–Crippen MR) is 140 cm³/mol. The first kappa shape index (κ1) is 24.1. The fourth-order valence-electron chi connectivity index (χ4n) is 5.55. The van der Waals surface area contributed by atoms with Crippen molar-refractivity contribution in [3.05, 3.63) is 70.9 Å². The van der Waals surface area contributed by atoms with Crippen molar-refractivity contribution in [1.29, 1.82) is 0 Å². The Morgan fingerprint density at radius 1 is 1.06 bits per heavy atom. The lowest BCUT2D eigenvalue weighted by molar-refractivity contribution is -0.132. The van der Waals surface area contributed by atoms with Gasteiger partial charge in [0, 0.05) is 34.6 Å². The minimum absolute atomic E-state index is 0.0200. The van der Waals surface area contributed by atoms with Crippen molar-refractivity contribution in [2.24, 2.45) is 5.92 Å². The number of fused-ring (bicyclic) bond motifs is 7. The summed E-state index contributed by atoms with van der Waals surface area (Å²) >= 11 is 0. The summed E-state index contributed by atoms with van der Waals surface area (Å²) in [6, 6.07) is 13.9. The van der Waals surface area contributed by atoms with Crippen LogP contribution < -0.4 is 10.6 Å². The van der Waals surface area contributed by atoms with Gasteiger partial charge in [0.2, 0.25) is 11.8 Å². The second-order valence-corrected chi connectivity index (χ2v) is 10.5. The van der Waals surface area contributed by atoms with E-state index < -0.39 is 12.1 Å². The molecule has 0 spiro atoms. The van der Waals surface area contributed by atoms with Gasteiger partial charge in [-0.05, 0) is 48.9 Å². The molecule has 0 radical (unpaired) electrons. The molecule has 0 aliphatic carbocycles. The summed E-state index contributed by atoms with van der Waals surface area (Å²) in [5.74, 6) is -0.399. The average molecular weight is 487 g/mol. The van der Waals surface area contributed by atoms with Gasteiger partial charge < -0.3 is 20.5 Å². The van der Waals surface area contributed by atoms with Gasteiger partial charge in [-0.25, -0.2) is 0 Å². The second kappa shape index (κ2) is 9.45. The van der Waals surface area contributed by atoms with E-state index in [0.717, 1.165) is 34.1 Å². The summed E-state index contributed by atoms with van der Waals surface area (Å²) in [6.45, 7) is 8.03. The number of aromatic amines is 1. The van der Waals surface area contributed by atoms with E-state index in [4.69, 9.17) is 0 Å². The maximum Gasteiger partial charge on any atom is 0.255 e. The van der Waals surface area contributed by atoms with E-state index in [1.54, 1.807) is 4.90 Å². The molecule has 4 atom stereocenters. The lowest BCUT2D eigenvalue weighted by atomic mass is 9.89. The number of H-pyrrole nitrogens is 1. The van der Waals surface area contributed by atoms with Gasteiger partial charge in [0.1, 0.15) is 12.1 Å². The first-order valence-corrected chi connectivity index (χ1v) is 12.9. The number of para-hydroxylation sites is 1. The topological polar surface area (TPSA) is 94.3 Å². The van der Waals surface area contributed by atoms with Crippen LogP contribution in [-0.4, -0.2) is 45.7 Å². The van der Waals surface area contributed by atoms with Gasteiger partial charge in [0.15, 0.2) is 0 Å². The highest BCUT2D eigenvalue weighted by Gasteiger charge is 2.49. The third-order valence-electron chi connectivity index (χ3n) is 7.50. The van der Waals surface area contributed by atoms with Gasteiger partial charge in [0.05, 0.1) is 6.04 Å². The van der Waals surface area contributed by atoms with Crippen LogP contribution in [0.3, 0.4) is 0 Å². The van der Waals surface area contributed by atoms with Crippen molar-refractivity contribution in [2.45, 2.75) is 71.1 Å². The number of carbonyl (C=O) groups is 3. The Morgan fingerprint density at radius 3 is 2.53 bits per heavy atom. The molecule has 2 aliphatic heterocycles. The Kier molecular flexibility index (Phi) is 6.33. The molecular formula is C29H34N4O3. The van der Waals surface area contributed by atoms with Gasteiger partial charge in [-0.1, -0.05) is 57.2 Å². The molecule has 0 fully saturated rings. The molecule has 1 aromatic heterocycles. The number of nitrogens with zero attached hydrogens (tertiary/aromatic N) is 1. The Balaban J connectivity index is 1.53. The van der Waals surface area contributed by atoms with Gasteiger partial charge >= 0.3 is 0 Å². The second-order valence-electron chi connectivity index (χ2n) is 10.5. The summed E-state index contributed by atoms with van der Waals surface area (Å²) in [7, 11) is 0. The molecule has 188 valence electrons. The van der Waals surface area contributed by atoms with Crippen LogP contribution in [0.1, 0.15) is 73.8 Å². The molecule has 2 aliphatic rings. The fourth-order valence-corrected chi connectivity index (χ4v) is 5.55. The van der Waals surface area contributed by atoms with Crippen LogP contribution in [0.4, 0.5) is 0 Å². The number of hydrogen-bond donors (Lipinski definition) is 3. The van der Waals surface area contributed by atoms with E-state index in [2.05, 4.69) is 21.7 Å². The smallest absolute Gasteiger partial charge is 0.255 e. The molecule has 0 bridgehead atoms. The summed E-state index contributed by atoms with van der Waals surface area (Å²) in [5.41, 5.74) is 4.54. The lowest BCUT2D eigenvalue weighted by Crippen LogP contribution is -2.57. The third-order valence-corrected chi connectivity index (χ3v) is 7.50. The Labute approximate surface area is 211 Å². The monoisotopic (exact) mass is 486 g/mol. The number of aromatic nitrogens is 1. The third kappa shape index (κ3) is 4.06.